The van der Waals surface area contributed by atoms with Gasteiger partial charge in [0.25, 0.3) is 5.78 Å². The molecule has 0 spiro atoms. The molecule has 5 nitrogen and oxygen atoms in total. The summed E-state index contributed by atoms with van der Waals surface area (Å²) < 4.78 is 57.0. The molecule has 4 rings (SSSR count). The number of halogens is 5. The summed E-state index contributed by atoms with van der Waals surface area (Å²) in [7, 11) is 0. The fraction of sp³-hybridized carbons (Fsp3) is 0.312. The number of hydrogen-bond acceptors (Lipinski definition) is 4. The monoisotopic (exact) mass is 385 g/mol. The molecule has 0 fully saturated rings. The Balaban J connectivity index is 1.91. The average molecular weight is 386 g/mol. The van der Waals surface area contributed by atoms with E-state index in [0.717, 1.165) is 12.1 Å². The van der Waals surface area contributed by atoms with Gasteiger partial charge in [0, 0.05) is 17.8 Å². The van der Waals surface area contributed by atoms with Crippen molar-refractivity contribution in [2.45, 2.75) is 25.6 Å². The Kier molecular flexibility index (Phi) is 3.80. The topological polar surface area (TPSA) is 46.3 Å². The number of nitrogens with zero attached hydrogens (tertiary/aromatic N) is 5. The maximum atomic E-state index is 14.0. The second kappa shape index (κ2) is 5.80. The van der Waals surface area contributed by atoms with E-state index in [1.165, 1.54) is 21.8 Å². The zero-order chi connectivity index (χ0) is 18.6. The number of fused-ring (bicyclic) bond motifs is 3. The van der Waals surface area contributed by atoms with Crippen LogP contribution in [0.2, 0.25) is 5.02 Å². The Morgan fingerprint density at radius 3 is 2.73 bits per heavy atom. The maximum Gasteiger partial charge on any atom is 0.413 e. The van der Waals surface area contributed by atoms with Crippen LogP contribution in [0.4, 0.5) is 23.4 Å². The fourth-order valence-electron chi connectivity index (χ4n) is 3.37. The molecule has 136 valence electrons. The SMILES string of the molecule is Cc1nc2ncnn2c2c1CCN2[C@H](c1ccc(Cl)c(F)c1)C(F)(F)F. The van der Waals surface area contributed by atoms with Gasteiger partial charge in [-0.25, -0.2) is 9.37 Å². The second-order valence-corrected chi connectivity index (χ2v) is 6.44. The van der Waals surface area contributed by atoms with Crippen molar-refractivity contribution in [2.24, 2.45) is 0 Å². The van der Waals surface area contributed by atoms with Crippen LogP contribution >= 0.6 is 11.6 Å². The number of aryl methyl sites for hydroxylation is 1. The predicted octanol–water partition coefficient (Wildman–Crippen LogP) is 3.89. The highest BCUT2D eigenvalue weighted by molar-refractivity contribution is 6.30. The number of anilines is 1. The van der Waals surface area contributed by atoms with E-state index in [-0.39, 0.29) is 28.7 Å². The fourth-order valence-corrected chi connectivity index (χ4v) is 3.49. The van der Waals surface area contributed by atoms with Crippen molar-refractivity contribution in [3.05, 3.63) is 52.2 Å². The molecule has 26 heavy (non-hydrogen) atoms. The van der Waals surface area contributed by atoms with Gasteiger partial charge in [0.15, 0.2) is 6.04 Å². The maximum absolute atomic E-state index is 14.0. The van der Waals surface area contributed by atoms with E-state index in [2.05, 4.69) is 15.1 Å². The van der Waals surface area contributed by atoms with Gasteiger partial charge in [-0.2, -0.15) is 27.8 Å². The zero-order valence-corrected chi connectivity index (χ0v) is 14.2. The van der Waals surface area contributed by atoms with Gasteiger partial charge in [0.1, 0.15) is 18.0 Å². The molecule has 1 aliphatic heterocycles. The quantitative estimate of drug-likeness (QED) is 0.628. The smallest absolute Gasteiger partial charge is 0.340 e. The second-order valence-electron chi connectivity index (χ2n) is 6.03. The molecule has 0 bridgehead atoms. The Bertz CT molecular complexity index is 1000. The molecule has 0 unspecified atom stereocenters. The predicted molar refractivity (Wildman–Crippen MR) is 86.8 cm³/mol. The van der Waals surface area contributed by atoms with Crippen LogP contribution in [0.25, 0.3) is 5.78 Å². The first-order valence-corrected chi connectivity index (χ1v) is 8.12. The van der Waals surface area contributed by atoms with E-state index in [1.807, 2.05) is 0 Å². The summed E-state index contributed by atoms with van der Waals surface area (Å²) in [5.74, 6) is -0.395. The Morgan fingerprint density at radius 2 is 2.04 bits per heavy atom. The molecule has 10 heteroatoms. The molecule has 1 aromatic carbocycles. The minimum Gasteiger partial charge on any atom is -0.340 e. The molecule has 0 saturated carbocycles. The number of benzene rings is 1. The highest BCUT2D eigenvalue weighted by Gasteiger charge is 2.48. The first-order chi connectivity index (χ1) is 12.3. The van der Waals surface area contributed by atoms with Crippen molar-refractivity contribution in [3.63, 3.8) is 0 Å². The van der Waals surface area contributed by atoms with Crippen molar-refractivity contribution in [1.82, 2.24) is 19.6 Å². The molecular formula is C16H12ClF4N5. The Morgan fingerprint density at radius 1 is 1.27 bits per heavy atom. The molecule has 2 aromatic heterocycles. The van der Waals surface area contributed by atoms with Gasteiger partial charge in [-0.15, -0.1) is 0 Å². The molecule has 0 aliphatic carbocycles. The minimum atomic E-state index is -4.63. The van der Waals surface area contributed by atoms with Crippen LogP contribution in [0.3, 0.4) is 0 Å². The summed E-state index contributed by atoms with van der Waals surface area (Å²) in [6.45, 7) is 1.83. The number of hydrogen-bond donors (Lipinski definition) is 0. The first kappa shape index (κ1) is 17.0. The van der Waals surface area contributed by atoms with Crippen molar-refractivity contribution in [2.75, 3.05) is 11.4 Å². The Labute approximate surface area is 150 Å². The van der Waals surface area contributed by atoms with Crippen LogP contribution in [-0.2, 0) is 6.42 Å². The van der Waals surface area contributed by atoms with Gasteiger partial charge in [-0.05, 0) is 31.0 Å². The number of rotatable bonds is 2. The third kappa shape index (κ3) is 2.57. The van der Waals surface area contributed by atoms with Crippen molar-refractivity contribution >= 4 is 23.2 Å². The van der Waals surface area contributed by atoms with Gasteiger partial charge in [0.2, 0.25) is 0 Å². The Hall–Kier alpha value is -2.42. The van der Waals surface area contributed by atoms with E-state index in [4.69, 9.17) is 11.6 Å². The molecule has 1 atom stereocenters. The van der Waals surface area contributed by atoms with Crippen molar-refractivity contribution in [1.29, 1.82) is 0 Å². The summed E-state index contributed by atoms with van der Waals surface area (Å²) >= 11 is 5.62. The largest absolute Gasteiger partial charge is 0.413 e. The molecule has 0 N–H and O–H groups in total. The summed E-state index contributed by atoms with van der Waals surface area (Å²) in [5, 5.41) is 3.78. The molecule has 0 radical (unpaired) electrons. The van der Waals surface area contributed by atoms with Gasteiger partial charge in [-0.3, -0.25) is 0 Å². The molecule has 3 aromatic rings. The van der Waals surface area contributed by atoms with E-state index in [9.17, 15) is 17.6 Å². The van der Waals surface area contributed by atoms with E-state index in [0.29, 0.717) is 17.7 Å². The highest BCUT2D eigenvalue weighted by Crippen LogP contribution is 2.44. The highest BCUT2D eigenvalue weighted by atomic mass is 35.5. The van der Waals surface area contributed by atoms with Crippen LogP contribution in [0, 0.1) is 12.7 Å². The van der Waals surface area contributed by atoms with Crippen LogP contribution in [0.1, 0.15) is 22.9 Å². The average Bonchev–Trinajstić information content (AvgIpc) is 3.16. The van der Waals surface area contributed by atoms with Crippen LogP contribution in [-0.4, -0.2) is 32.3 Å². The van der Waals surface area contributed by atoms with Crippen molar-refractivity contribution < 1.29 is 17.6 Å². The first-order valence-electron chi connectivity index (χ1n) is 7.75. The lowest BCUT2D eigenvalue weighted by Crippen LogP contribution is -2.38. The molecule has 0 saturated heterocycles. The third-order valence-corrected chi connectivity index (χ3v) is 4.77. The summed E-state index contributed by atoms with van der Waals surface area (Å²) in [4.78, 5) is 9.41. The summed E-state index contributed by atoms with van der Waals surface area (Å²) in [5.41, 5.74) is 1.05. The number of alkyl halides is 3. The summed E-state index contributed by atoms with van der Waals surface area (Å²) in [6, 6.07) is 1.11. The standard InChI is InChI=1S/C16H12ClF4N5/c1-8-10-4-5-25(14(10)26-15(24-8)22-7-23-26)13(16(19,20)21)9-2-3-11(17)12(18)6-9/h2-3,6-7,13H,4-5H2,1H3/t13-/m1/s1. The van der Waals surface area contributed by atoms with Gasteiger partial charge in [0.05, 0.1) is 5.02 Å². The van der Waals surface area contributed by atoms with Crippen molar-refractivity contribution in [3.8, 4) is 0 Å². The minimum absolute atomic E-state index is 0.102. The summed E-state index contributed by atoms with van der Waals surface area (Å²) in [6.07, 6.45) is -3.01. The van der Waals surface area contributed by atoms with Gasteiger partial charge >= 0.3 is 6.18 Å². The molecule has 3 heterocycles. The van der Waals surface area contributed by atoms with Crippen LogP contribution in [0.15, 0.2) is 24.5 Å². The molecule has 0 amide bonds. The van der Waals surface area contributed by atoms with E-state index >= 15 is 0 Å². The number of aromatic nitrogens is 4. The lowest BCUT2D eigenvalue weighted by molar-refractivity contribution is -0.150. The van der Waals surface area contributed by atoms with Crippen LogP contribution < -0.4 is 4.90 Å². The normalized spacial score (nSPS) is 15.5. The van der Waals surface area contributed by atoms with Gasteiger partial charge in [-0.1, -0.05) is 17.7 Å². The third-order valence-electron chi connectivity index (χ3n) is 4.46. The molecular weight excluding hydrogens is 374 g/mol. The zero-order valence-electron chi connectivity index (χ0n) is 13.4. The lowest BCUT2D eigenvalue weighted by atomic mass is 10.0. The molecule has 1 aliphatic rings. The van der Waals surface area contributed by atoms with Gasteiger partial charge < -0.3 is 4.90 Å². The van der Waals surface area contributed by atoms with E-state index < -0.39 is 18.0 Å². The van der Waals surface area contributed by atoms with E-state index in [1.54, 1.807) is 6.92 Å². The van der Waals surface area contributed by atoms with Crippen LogP contribution in [0.5, 0.6) is 0 Å². The lowest BCUT2D eigenvalue weighted by Gasteiger charge is -2.32.